The van der Waals surface area contributed by atoms with E-state index in [9.17, 15) is 9.59 Å². The molecular formula is C34H50O5. The van der Waals surface area contributed by atoms with Gasteiger partial charge in [-0.1, -0.05) is 97.3 Å². The molecule has 0 bridgehead atoms. The predicted octanol–water partition coefficient (Wildman–Crippen LogP) is 9.64. The second-order valence-corrected chi connectivity index (χ2v) is 10.5. The molecule has 0 radical (unpaired) electrons. The lowest BCUT2D eigenvalue weighted by Crippen LogP contribution is -2.10. The highest BCUT2D eigenvalue weighted by atomic mass is 16.5. The number of unbranched alkanes of at least 4 members (excludes halogenated alkanes) is 13. The fourth-order valence-electron chi connectivity index (χ4n) is 4.49. The number of hydrogen-bond donors (Lipinski definition) is 0. The highest BCUT2D eigenvalue weighted by molar-refractivity contribution is 5.92. The van der Waals surface area contributed by atoms with Gasteiger partial charge in [-0.05, 0) is 67.8 Å². The standard InChI is InChI=1S/C34H50O5/c1-4-6-8-10-12-14-15-17-25-37-32-24-21-30(27-28(32)3)34(36)39-31-22-19-29(20-23-31)33(35)38-26-18-16-13-11-9-7-5-2/h19-24,27H,4-18,25-26H2,1-3H3. The van der Waals surface area contributed by atoms with Crippen molar-refractivity contribution in [2.75, 3.05) is 13.2 Å². The second-order valence-electron chi connectivity index (χ2n) is 10.5. The van der Waals surface area contributed by atoms with Crippen molar-refractivity contribution in [2.45, 2.75) is 117 Å². The Balaban J connectivity index is 1.68. The Morgan fingerprint density at radius 3 is 1.67 bits per heavy atom. The fraction of sp³-hybridized carbons (Fsp3) is 0.588. The Morgan fingerprint density at radius 1 is 0.590 bits per heavy atom. The summed E-state index contributed by atoms with van der Waals surface area (Å²) in [6.45, 7) is 7.51. The first-order valence-electron chi connectivity index (χ1n) is 15.3. The number of hydrogen-bond acceptors (Lipinski definition) is 5. The van der Waals surface area contributed by atoms with Crippen molar-refractivity contribution in [3.05, 3.63) is 59.2 Å². The third-order valence-corrected chi connectivity index (χ3v) is 6.95. The van der Waals surface area contributed by atoms with Crippen molar-refractivity contribution in [1.29, 1.82) is 0 Å². The van der Waals surface area contributed by atoms with Crippen LogP contribution in [-0.4, -0.2) is 25.2 Å². The molecule has 5 heteroatoms. The quantitative estimate of drug-likeness (QED) is 0.0899. The largest absolute Gasteiger partial charge is 0.493 e. The maximum Gasteiger partial charge on any atom is 0.343 e. The first kappa shape index (κ1) is 32.4. The second kappa shape index (κ2) is 20.1. The van der Waals surface area contributed by atoms with E-state index in [2.05, 4.69) is 13.8 Å². The summed E-state index contributed by atoms with van der Waals surface area (Å²) >= 11 is 0. The first-order chi connectivity index (χ1) is 19.0. The van der Waals surface area contributed by atoms with E-state index in [1.54, 1.807) is 36.4 Å². The summed E-state index contributed by atoms with van der Waals surface area (Å²) in [5.41, 5.74) is 1.82. The van der Waals surface area contributed by atoms with Gasteiger partial charge in [0.15, 0.2) is 0 Å². The van der Waals surface area contributed by atoms with Crippen LogP contribution in [0.5, 0.6) is 11.5 Å². The summed E-state index contributed by atoms with van der Waals surface area (Å²) in [4.78, 5) is 24.9. The topological polar surface area (TPSA) is 61.8 Å². The molecule has 0 spiro atoms. The average molecular weight is 539 g/mol. The summed E-state index contributed by atoms with van der Waals surface area (Å²) in [5.74, 6) is 0.393. The maximum absolute atomic E-state index is 12.7. The summed E-state index contributed by atoms with van der Waals surface area (Å²) < 4.78 is 16.8. The van der Waals surface area contributed by atoms with Crippen LogP contribution in [0.2, 0.25) is 0 Å². The lowest BCUT2D eigenvalue weighted by molar-refractivity contribution is 0.0497. The molecule has 0 unspecified atom stereocenters. The summed E-state index contributed by atoms with van der Waals surface area (Å²) in [6.07, 6.45) is 18.3. The van der Waals surface area contributed by atoms with Gasteiger partial charge in [0, 0.05) is 0 Å². The predicted molar refractivity (Wildman–Crippen MR) is 159 cm³/mol. The van der Waals surface area contributed by atoms with Crippen LogP contribution in [0.1, 0.15) is 136 Å². The molecule has 0 aromatic heterocycles. The van der Waals surface area contributed by atoms with E-state index in [0.717, 1.165) is 30.6 Å². The molecule has 0 saturated carbocycles. The van der Waals surface area contributed by atoms with Crippen LogP contribution in [0.4, 0.5) is 0 Å². The van der Waals surface area contributed by atoms with E-state index < -0.39 is 5.97 Å². The number of ether oxygens (including phenoxy) is 3. The molecule has 0 atom stereocenters. The SMILES string of the molecule is CCCCCCCCCCOc1ccc(C(=O)Oc2ccc(C(=O)OCCCCCCCCC)cc2)cc1C. The van der Waals surface area contributed by atoms with Crippen molar-refractivity contribution in [2.24, 2.45) is 0 Å². The normalized spacial score (nSPS) is 10.8. The van der Waals surface area contributed by atoms with Crippen molar-refractivity contribution in [3.63, 3.8) is 0 Å². The molecule has 216 valence electrons. The van der Waals surface area contributed by atoms with Gasteiger partial charge < -0.3 is 14.2 Å². The zero-order valence-electron chi connectivity index (χ0n) is 24.6. The molecule has 0 aliphatic rings. The highest BCUT2D eigenvalue weighted by Gasteiger charge is 2.13. The Morgan fingerprint density at radius 2 is 1.10 bits per heavy atom. The van der Waals surface area contributed by atoms with Crippen LogP contribution >= 0.6 is 0 Å². The van der Waals surface area contributed by atoms with Crippen LogP contribution in [0, 0.1) is 6.92 Å². The van der Waals surface area contributed by atoms with Crippen molar-refractivity contribution < 1.29 is 23.8 Å². The molecule has 0 aliphatic carbocycles. The van der Waals surface area contributed by atoms with Gasteiger partial charge in [0.25, 0.3) is 0 Å². The number of esters is 2. The lowest BCUT2D eigenvalue weighted by Gasteiger charge is -2.11. The highest BCUT2D eigenvalue weighted by Crippen LogP contribution is 2.22. The van der Waals surface area contributed by atoms with Crippen molar-refractivity contribution in [1.82, 2.24) is 0 Å². The van der Waals surface area contributed by atoms with Gasteiger partial charge in [-0.25, -0.2) is 9.59 Å². The van der Waals surface area contributed by atoms with E-state index in [4.69, 9.17) is 14.2 Å². The van der Waals surface area contributed by atoms with Gasteiger partial charge in [0.1, 0.15) is 11.5 Å². The smallest absolute Gasteiger partial charge is 0.343 e. The number of benzene rings is 2. The van der Waals surface area contributed by atoms with Gasteiger partial charge in [-0.2, -0.15) is 0 Å². The third-order valence-electron chi connectivity index (χ3n) is 6.95. The molecule has 0 saturated heterocycles. The minimum atomic E-state index is -0.443. The van der Waals surface area contributed by atoms with E-state index in [-0.39, 0.29) is 5.97 Å². The molecular weight excluding hydrogens is 488 g/mol. The molecule has 0 N–H and O–H groups in total. The monoisotopic (exact) mass is 538 g/mol. The minimum Gasteiger partial charge on any atom is -0.493 e. The number of rotatable bonds is 21. The van der Waals surface area contributed by atoms with E-state index in [1.807, 2.05) is 13.0 Å². The van der Waals surface area contributed by atoms with Gasteiger partial charge in [-0.15, -0.1) is 0 Å². The van der Waals surface area contributed by atoms with Crippen LogP contribution < -0.4 is 9.47 Å². The van der Waals surface area contributed by atoms with Crippen LogP contribution in [0.25, 0.3) is 0 Å². The molecule has 2 rings (SSSR count). The van der Waals surface area contributed by atoms with Gasteiger partial charge in [-0.3, -0.25) is 0 Å². The molecule has 2 aromatic rings. The average Bonchev–Trinajstić information content (AvgIpc) is 2.94. The summed E-state index contributed by atoms with van der Waals surface area (Å²) in [7, 11) is 0. The van der Waals surface area contributed by atoms with Crippen molar-refractivity contribution >= 4 is 11.9 Å². The number of carbonyl (C=O) groups is 2. The zero-order valence-corrected chi connectivity index (χ0v) is 24.6. The summed E-state index contributed by atoms with van der Waals surface area (Å²) in [6, 6.07) is 11.9. The van der Waals surface area contributed by atoms with E-state index >= 15 is 0 Å². The maximum atomic E-state index is 12.7. The van der Waals surface area contributed by atoms with Crippen LogP contribution in [0.3, 0.4) is 0 Å². The Labute approximate surface area is 236 Å². The lowest BCUT2D eigenvalue weighted by atomic mass is 10.1. The van der Waals surface area contributed by atoms with Gasteiger partial charge >= 0.3 is 11.9 Å². The van der Waals surface area contributed by atoms with Crippen LogP contribution in [0.15, 0.2) is 42.5 Å². The summed E-state index contributed by atoms with van der Waals surface area (Å²) in [5, 5.41) is 0. The number of carbonyl (C=O) groups excluding carboxylic acids is 2. The van der Waals surface area contributed by atoms with Crippen LogP contribution in [-0.2, 0) is 4.74 Å². The minimum absolute atomic E-state index is 0.350. The number of aryl methyl sites for hydroxylation is 1. The zero-order chi connectivity index (χ0) is 28.1. The molecule has 0 aliphatic heterocycles. The Bertz CT molecular complexity index is 951. The van der Waals surface area contributed by atoms with E-state index in [0.29, 0.717) is 30.1 Å². The van der Waals surface area contributed by atoms with Gasteiger partial charge in [0.2, 0.25) is 0 Å². The molecule has 2 aromatic carbocycles. The first-order valence-corrected chi connectivity index (χ1v) is 15.3. The molecule has 0 heterocycles. The molecule has 39 heavy (non-hydrogen) atoms. The third kappa shape index (κ3) is 13.7. The molecule has 0 amide bonds. The Hall–Kier alpha value is -2.82. The fourth-order valence-corrected chi connectivity index (χ4v) is 4.49. The Kier molecular flexibility index (Phi) is 16.7. The molecule has 5 nitrogen and oxygen atoms in total. The van der Waals surface area contributed by atoms with Gasteiger partial charge in [0.05, 0.1) is 24.3 Å². The molecule has 0 fully saturated rings. The van der Waals surface area contributed by atoms with E-state index in [1.165, 1.54) is 77.0 Å². The van der Waals surface area contributed by atoms with Crippen molar-refractivity contribution in [3.8, 4) is 11.5 Å².